The number of rotatable bonds is 4. The molecule has 0 aliphatic carbocycles. The van der Waals surface area contributed by atoms with Crippen LogP contribution in [0.25, 0.3) is 0 Å². The third-order valence-electron chi connectivity index (χ3n) is 5.96. The quantitative estimate of drug-likeness (QED) is 0.695. The SMILES string of the molecule is C/C=C\C.NC1CC(N2Cc3cn(SC4COC4)nc3C2)CO[C@@H]1c1cc(F)ccc1F. The van der Waals surface area contributed by atoms with Crippen LogP contribution in [0, 0.1) is 11.6 Å². The molecule has 2 saturated heterocycles. The molecule has 2 aromatic rings. The van der Waals surface area contributed by atoms with Crippen LogP contribution in [0.5, 0.6) is 0 Å². The summed E-state index contributed by atoms with van der Waals surface area (Å²) < 4.78 is 40.6. The van der Waals surface area contributed by atoms with Crippen molar-refractivity contribution in [1.29, 1.82) is 0 Å². The summed E-state index contributed by atoms with van der Waals surface area (Å²) in [7, 11) is 0. The predicted molar refractivity (Wildman–Crippen MR) is 121 cm³/mol. The number of ether oxygens (including phenoxy) is 2. The molecule has 174 valence electrons. The van der Waals surface area contributed by atoms with E-state index in [1.807, 2.05) is 30.1 Å². The zero-order valence-corrected chi connectivity index (χ0v) is 19.2. The second-order valence-corrected chi connectivity index (χ2v) is 9.56. The third kappa shape index (κ3) is 5.23. The number of hydrogen-bond acceptors (Lipinski definition) is 6. The minimum absolute atomic E-state index is 0.137. The molecule has 0 radical (unpaired) electrons. The first-order chi connectivity index (χ1) is 15.5. The van der Waals surface area contributed by atoms with Gasteiger partial charge in [0.15, 0.2) is 0 Å². The summed E-state index contributed by atoms with van der Waals surface area (Å²) in [5, 5.41) is 5.17. The van der Waals surface area contributed by atoms with Crippen LogP contribution in [0.2, 0.25) is 0 Å². The number of allylic oxidation sites excluding steroid dienone is 2. The first kappa shape index (κ1) is 23.4. The zero-order chi connectivity index (χ0) is 22.7. The molecule has 0 saturated carbocycles. The highest BCUT2D eigenvalue weighted by atomic mass is 32.2. The van der Waals surface area contributed by atoms with Crippen molar-refractivity contribution >= 4 is 11.9 Å². The molecule has 1 aromatic carbocycles. The fourth-order valence-corrected chi connectivity index (χ4v) is 5.00. The maximum absolute atomic E-state index is 14.1. The minimum atomic E-state index is -0.623. The van der Waals surface area contributed by atoms with Gasteiger partial charge in [-0.3, -0.25) is 4.90 Å². The molecule has 2 N–H and O–H groups in total. The van der Waals surface area contributed by atoms with Gasteiger partial charge in [-0.25, -0.2) is 12.9 Å². The molecule has 2 unspecified atom stereocenters. The molecule has 4 heterocycles. The largest absolute Gasteiger partial charge is 0.379 e. The summed E-state index contributed by atoms with van der Waals surface area (Å²) in [5.74, 6) is -0.965. The summed E-state index contributed by atoms with van der Waals surface area (Å²) in [4.78, 5) is 2.30. The van der Waals surface area contributed by atoms with E-state index in [0.717, 1.165) is 44.1 Å². The molecule has 9 heteroatoms. The number of halogens is 2. The first-order valence-corrected chi connectivity index (χ1v) is 11.8. The standard InChI is InChI=1S/C19H22F2N4O2S.C4H8/c20-12-1-2-16(21)15(3-12)19-17(22)4-13(8-27-19)24-5-11-6-25(23-18(11)7-24)28-14-9-26-10-14;1-3-4-2/h1-3,6,13-14,17,19H,4-5,7-10,22H2;3-4H,1-2H3/b;4-3-/t13?,17?,19-;/m1./s1. The van der Waals surface area contributed by atoms with E-state index in [-0.39, 0.29) is 11.6 Å². The fourth-order valence-electron chi connectivity index (χ4n) is 4.04. The van der Waals surface area contributed by atoms with Crippen molar-refractivity contribution in [3.8, 4) is 0 Å². The van der Waals surface area contributed by atoms with Crippen LogP contribution < -0.4 is 5.73 Å². The molecule has 6 nitrogen and oxygen atoms in total. The van der Waals surface area contributed by atoms with Gasteiger partial charge < -0.3 is 15.2 Å². The van der Waals surface area contributed by atoms with Gasteiger partial charge in [-0.1, -0.05) is 12.2 Å². The van der Waals surface area contributed by atoms with E-state index in [4.69, 9.17) is 15.2 Å². The normalized spacial score (nSPS) is 26.0. The van der Waals surface area contributed by atoms with Crippen LogP contribution in [0.1, 0.15) is 43.2 Å². The van der Waals surface area contributed by atoms with Crippen LogP contribution in [-0.2, 0) is 22.6 Å². The smallest absolute Gasteiger partial charge is 0.129 e. The number of fused-ring (bicyclic) bond motifs is 1. The number of nitrogens with two attached hydrogens (primary N) is 1. The van der Waals surface area contributed by atoms with Gasteiger partial charge in [0, 0.05) is 42.5 Å². The Bertz CT molecular complexity index is 923. The predicted octanol–water partition coefficient (Wildman–Crippen LogP) is 3.81. The van der Waals surface area contributed by atoms with E-state index in [0.29, 0.717) is 18.3 Å². The van der Waals surface area contributed by atoms with E-state index >= 15 is 0 Å². The van der Waals surface area contributed by atoms with E-state index in [2.05, 4.69) is 16.2 Å². The Morgan fingerprint density at radius 3 is 2.56 bits per heavy atom. The van der Waals surface area contributed by atoms with Crippen molar-refractivity contribution in [2.75, 3.05) is 19.8 Å². The molecule has 0 amide bonds. The molecule has 2 fully saturated rings. The summed E-state index contributed by atoms with van der Waals surface area (Å²) in [6.45, 7) is 7.56. The molecule has 0 spiro atoms. The van der Waals surface area contributed by atoms with Crippen LogP contribution in [0.4, 0.5) is 8.78 Å². The maximum Gasteiger partial charge on any atom is 0.129 e. The van der Waals surface area contributed by atoms with E-state index in [1.54, 1.807) is 11.9 Å². The zero-order valence-electron chi connectivity index (χ0n) is 18.4. The molecule has 3 aliphatic rings. The molecule has 1 aromatic heterocycles. The lowest BCUT2D eigenvalue weighted by Crippen LogP contribution is -2.47. The van der Waals surface area contributed by atoms with E-state index in [9.17, 15) is 8.78 Å². The topological polar surface area (TPSA) is 65.5 Å². The monoisotopic (exact) mass is 464 g/mol. The van der Waals surface area contributed by atoms with E-state index < -0.39 is 23.8 Å². The summed E-state index contributed by atoms with van der Waals surface area (Å²) >= 11 is 1.70. The lowest BCUT2D eigenvalue weighted by atomic mass is 9.93. The lowest BCUT2D eigenvalue weighted by molar-refractivity contribution is -0.0533. The highest BCUT2D eigenvalue weighted by molar-refractivity contribution is 7.98. The average molecular weight is 465 g/mol. The first-order valence-electron chi connectivity index (χ1n) is 10.9. The average Bonchev–Trinajstić information content (AvgIpc) is 3.32. The molecule has 3 atom stereocenters. The lowest BCUT2D eigenvalue weighted by Gasteiger charge is -2.38. The summed E-state index contributed by atoms with van der Waals surface area (Å²) in [6.07, 6.45) is 6.13. The van der Waals surface area contributed by atoms with Gasteiger partial charge in [0.2, 0.25) is 0 Å². The van der Waals surface area contributed by atoms with Crippen molar-refractivity contribution in [3.05, 3.63) is 65.0 Å². The van der Waals surface area contributed by atoms with Gasteiger partial charge in [0.25, 0.3) is 0 Å². The molecule has 32 heavy (non-hydrogen) atoms. The second kappa shape index (κ2) is 10.4. The minimum Gasteiger partial charge on any atom is -0.379 e. The second-order valence-electron chi connectivity index (χ2n) is 8.31. The van der Waals surface area contributed by atoms with Crippen molar-refractivity contribution in [1.82, 2.24) is 14.1 Å². The molecule has 0 bridgehead atoms. The van der Waals surface area contributed by atoms with Crippen molar-refractivity contribution in [2.45, 2.75) is 56.8 Å². The fraction of sp³-hybridized carbons (Fsp3) is 0.522. The van der Waals surface area contributed by atoms with Crippen molar-refractivity contribution in [2.24, 2.45) is 5.73 Å². The van der Waals surface area contributed by atoms with Crippen LogP contribution >= 0.6 is 11.9 Å². The Balaban J connectivity index is 0.000000567. The Kier molecular flexibility index (Phi) is 7.63. The molecule has 3 aliphatic heterocycles. The van der Waals surface area contributed by atoms with Gasteiger partial charge in [-0.05, 0) is 50.4 Å². The van der Waals surface area contributed by atoms with Crippen LogP contribution in [0.15, 0.2) is 36.5 Å². The summed E-state index contributed by atoms with van der Waals surface area (Å²) in [6, 6.07) is 3.15. The molecular formula is C23H30F2N4O2S. The van der Waals surface area contributed by atoms with Crippen molar-refractivity contribution in [3.63, 3.8) is 0 Å². The Hall–Kier alpha value is -1.78. The number of benzene rings is 1. The highest BCUT2D eigenvalue weighted by Crippen LogP contribution is 2.34. The van der Waals surface area contributed by atoms with Crippen LogP contribution in [0.3, 0.4) is 0 Å². The molecular weight excluding hydrogens is 434 g/mol. The molecule has 5 rings (SSSR count). The van der Waals surface area contributed by atoms with Gasteiger partial charge in [0.05, 0.1) is 30.8 Å². The highest BCUT2D eigenvalue weighted by Gasteiger charge is 2.37. The summed E-state index contributed by atoms with van der Waals surface area (Å²) in [5.41, 5.74) is 8.80. The van der Waals surface area contributed by atoms with Gasteiger partial charge >= 0.3 is 0 Å². The van der Waals surface area contributed by atoms with Crippen molar-refractivity contribution < 1.29 is 18.3 Å². The third-order valence-corrected chi connectivity index (χ3v) is 6.94. The number of hydrogen-bond donors (Lipinski definition) is 1. The van der Waals surface area contributed by atoms with E-state index in [1.165, 1.54) is 11.6 Å². The van der Waals surface area contributed by atoms with Gasteiger partial charge in [-0.15, -0.1) is 0 Å². The van der Waals surface area contributed by atoms with Gasteiger partial charge in [-0.2, -0.15) is 5.10 Å². The maximum atomic E-state index is 14.1. The Labute approximate surface area is 191 Å². The Morgan fingerprint density at radius 2 is 1.94 bits per heavy atom. The van der Waals surface area contributed by atoms with Gasteiger partial charge in [0.1, 0.15) is 17.7 Å². The number of aromatic nitrogens is 2. The van der Waals surface area contributed by atoms with Crippen LogP contribution in [-0.4, -0.2) is 51.2 Å². The number of nitrogens with zero attached hydrogens (tertiary/aromatic N) is 3. The Morgan fingerprint density at radius 1 is 1.16 bits per heavy atom.